The van der Waals surface area contributed by atoms with E-state index in [9.17, 15) is 8.42 Å². The molecule has 1 heterocycles. The van der Waals surface area contributed by atoms with Gasteiger partial charge in [0.05, 0.1) is 3.79 Å². The molecular weight excluding hydrogens is 312 g/mol. The van der Waals surface area contributed by atoms with Crippen LogP contribution in [0.3, 0.4) is 0 Å². The molecule has 2 N–H and O–H groups in total. The van der Waals surface area contributed by atoms with Crippen LogP contribution < -0.4 is 10.0 Å². The summed E-state index contributed by atoms with van der Waals surface area (Å²) < 4.78 is 26.2. The normalized spacial score (nSPS) is 11.9. The summed E-state index contributed by atoms with van der Waals surface area (Å²) in [5.41, 5.74) is 0. The lowest BCUT2D eigenvalue weighted by atomic mass is 10.4. The Morgan fingerprint density at radius 2 is 2.19 bits per heavy atom. The highest BCUT2D eigenvalue weighted by molar-refractivity contribution is 9.11. The molecule has 0 spiro atoms. The summed E-state index contributed by atoms with van der Waals surface area (Å²) in [6.07, 6.45) is 1.06. The molecular formula is C9H15BrN2O2S2. The van der Waals surface area contributed by atoms with Gasteiger partial charge in [-0.3, -0.25) is 0 Å². The molecule has 0 aromatic carbocycles. The molecule has 0 aliphatic carbocycles. The number of rotatable bonds is 6. The smallest absolute Gasteiger partial charge is 0.242 e. The van der Waals surface area contributed by atoms with Gasteiger partial charge in [0.25, 0.3) is 0 Å². The Morgan fingerprint density at radius 1 is 1.50 bits per heavy atom. The third-order valence-electron chi connectivity index (χ3n) is 1.99. The first kappa shape index (κ1) is 14.1. The van der Waals surface area contributed by atoms with Crippen molar-refractivity contribution < 1.29 is 8.42 Å². The number of hydrogen-bond donors (Lipinski definition) is 2. The van der Waals surface area contributed by atoms with E-state index in [4.69, 9.17) is 0 Å². The van der Waals surface area contributed by atoms with Crippen LogP contribution in [0.15, 0.2) is 14.7 Å². The largest absolute Gasteiger partial charge is 0.312 e. The summed E-state index contributed by atoms with van der Waals surface area (Å²) in [5, 5.41) is 3.24. The lowest BCUT2D eigenvalue weighted by molar-refractivity contribution is 0.588. The summed E-state index contributed by atoms with van der Waals surface area (Å²) in [6.45, 7) is 3.73. The monoisotopic (exact) mass is 326 g/mol. The highest BCUT2D eigenvalue weighted by atomic mass is 79.9. The molecule has 0 bridgehead atoms. The van der Waals surface area contributed by atoms with E-state index in [0.717, 1.165) is 17.8 Å². The van der Waals surface area contributed by atoms with Crippen LogP contribution in [0.2, 0.25) is 0 Å². The second-order valence-corrected chi connectivity index (χ2v) is 7.54. The molecule has 0 radical (unpaired) electrons. The number of hydrogen-bond acceptors (Lipinski definition) is 4. The quantitative estimate of drug-likeness (QED) is 0.785. The second-order valence-electron chi connectivity index (χ2n) is 3.24. The Kier molecular flexibility index (Phi) is 5.39. The molecule has 1 aromatic rings. The maximum absolute atomic E-state index is 11.6. The SMILES string of the molecule is CCCNCc1cc(S(=O)(=O)NC)c(Br)s1. The van der Waals surface area contributed by atoms with Crippen molar-refractivity contribution in [3.63, 3.8) is 0 Å². The van der Waals surface area contributed by atoms with Gasteiger partial charge in [0.15, 0.2) is 0 Å². The third-order valence-corrected chi connectivity index (χ3v) is 5.66. The van der Waals surface area contributed by atoms with Crippen LogP contribution in [0.25, 0.3) is 0 Å². The Bertz CT molecular complexity index is 442. The van der Waals surface area contributed by atoms with Crippen LogP contribution in [-0.2, 0) is 16.6 Å². The zero-order valence-corrected chi connectivity index (χ0v) is 12.4. The van der Waals surface area contributed by atoms with Gasteiger partial charge in [-0.05, 0) is 42.0 Å². The fourth-order valence-electron chi connectivity index (χ4n) is 1.17. The predicted octanol–water partition coefficient (Wildman–Crippen LogP) is 1.92. The van der Waals surface area contributed by atoms with E-state index in [2.05, 4.69) is 32.9 Å². The van der Waals surface area contributed by atoms with E-state index in [0.29, 0.717) is 15.2 Å². The number of thiophene rings is 1. The van der Waals surface area contributed by atoms with Gasteiger partial charge >= 0.3 is 0 Å². The van der Waals surface area contributed by atoms with Crippen LogP contribution in [0.4, 0.5) is 0 Å². The van der Waals surface area contributed by atoms with Gasteiger partial charge < -0.3 is 5.32 Å². The van der Waals surface area contributed by atoms with Crippen molar-refractivity contribution in [1.29, 1.82) is 0 Å². The van der Waals surface area contributed by atoms with E-state index in [-0.39, 0.29) is 0 Å². The first-order valence-corrected chi connectivity index (χ1v) is 8.03. The minimum atomic E-state index is -3.35. The van der Waals surface area contributed by atoms with Gasteiger partial charge in [0.2, 0.25) is 10.0 Å². The Hall–Kier alpha value is 0.0500. The molecule has 0 aliphatic heterocycles. The molecule has 0 aliphatic rings. The van der Waals surface area contributed by atoms with Gasteiger partial charge in [-0.15, -0.1) is 11.3 Å². The minimum Gasteiger partial charge on any atom is -0.312 e. The molecule has 0 amide bonds. The summed E-state index contributed by atoms with van der Waals surface area (Å²) in [7, 11) is -1.94. The number of sulfonamides is 1. The van der Waals surface area contributed by atoms with Crippen LogP contribution in [0, 0.1) is 0 Å². The third kappa shape index (κ3) is 3.53. The van der Waals surface area contributed by atoms with Crippen molar-refractivity contribution in [2.45, 2.75) is 24.8 Å². The molecule has 92 valence electrons. The summed E-state index contributed by atoms with van der Waals surface area (Å²) in [5.74, 6) is 0. The van der Waals surface area contributed by atoms with Crippen molar-refractivity contribution in [2.75, 3.05) is 13.6 Å². The fourth-order valence-corrected chi connectivity index (χ4v) is 4.54. The van der Waals surface area contributed by atoms with Gasteiger partial charge in [0, 0.05) is 11.4 Å². The van der Waals surface area contributed by atoms with Crippen LogP contribution >= 0.6 is 27.3 Å². The second kappa shape index (κ2) is 6.11. The molecule has 1 aromatic heterocycles. The molecule has 0 saturated heterocycles. The standard InChI is InChI=1S/C9H15BrN2O2S2/c1-3-4-12-6-7-5-8(9(10)15-7)16(13,14)11-2/h5,11-12H,3-4,6H2,1-2H3. The van der Waals surface area contributed by atoms with Crippen molar-refractivity contribution in [3.8, 4) is 0 Å². The molecule has 0 saturated carbocycles. The Balaban J connectivity index is 2.82. The van der Waals surface area contributed by atoms with Crippen molar-refractivity contribution in [1.82, 2.24) is 10.0 Å². The average molecular weight is 327 g/mol. The summed E-state index contributed by atoms with van der Waals surface area (Å²) in [4.78, 5) is 1.32. The molecule has 16 heavy (non-hydrogen) atoms. The molecule has 7 heteroatoms. The number of halogens is 1. The van der Waals surface area contributed by atoms with E-state index < -0.39 is 10.0 Å². The maximum atomic E-state index is 11.6. The van der Waals surface area contributed by atoms with Crippen LogP contribution in [-0.4, -0.2) is 22.0 Å². The highest BCUT2D eigenvalue weighted by Gasteiger charge is 2.18. The minimum absolute atomic E-state index is 0.313. The first-order valence-electron chi connectivity index (χ1n) is 4.93. The fraction of sp³-hybridized carbons (Fsp3) is 0.556. The van der Waals surface area contributed by atoms with Crippen molar-refractivity contribution >= 4 is 37.3 Å². The molecule has 0 atom stereocenters. The molecule has 1 rings (SSSR count). The Morgan fingerprint density at radius 3 is 2.75 bits per heavy atom. The predicted molar refractivity (Wildman–Crippen MR) is 70.3 cm³/mol. The number of nitrogens with one attached hydrogen (secondary N) is 2. The maximum Gasteiger partial charge on any atom is 0.242 e. The van der Waals surface area contributed by atoms with E-state index >= 15 is 0 Å². The van der Waals surface area contributed by atoms with Gasteiger partial charge in [0.1, 0.15) is 4.90 Å². The van der Waals surface area contributed by atoms with Gasteiger partial charge in [-0.25, -0.2) is 13.1 Å². The van der Waals surface area contributed by atoms with Gasteiger partial charge in [-0.1, -0.05) is 6.92 Å². The summed E-state index contributed by atoms with van der Waals surface area (Å²) in [6, 6.07) is 1.70. The summed E-state index contributed by atoms with van der Waals surface area (Å²) >= 11 is 4.72. The zero-order chi connectivity index (χ0) is 12.2. The first-order chi connectivity index (χ1) is 7.51. The Labute approximate surface area is 109 Å². The molecule has 4 nitrogen and oxygen atoms in total. The van der Waals surface area contributed by atoms with Crippen molar-refractivity contribution in [3.05, 3.63) is 14.7 Å². The molecule has 0 fully saturated rings. The van der Waals surface area contributed by atoms with E-state index in [1.807, 2.05) is 0 Å². The van der Waals surface area contributed by atoms with Gasteiger partial charge in [-0.2, -0.15) is 0 Å². The van der Waals surface area contributed by atoms with Crippen LogP contribution in [0.5, 0.6) is 0 Å². The lowest BCUT2D eigenvalue weighted by Crippen LogP contribution is -2.18. The molecule has 0 unspecified atom stereocenters. The zero-order valence-electron chi connectivity index (χ0n) is 9.21. The topological polar surface area (TPSA) is 58.2 Å². The van der Waals surface area contributed by atoms with Crippen molar-refractivity contribution in [2.24, 2.45) is 0 Å². The van der Waals surface area contributed by atoms with E-state index in [1.54, 1.807) is 6.07 Å². The lowest BCUT2D eigenvalue weighted by Gasteiger charge is -1.99. The van der Waals surface area contributed by atoms with E-state index in [1.165, 1.54) is 18.4 Å². The van der Waals surface area contributed by atoms with Crippen LogP contribution in [0.1, 0.15) is 18.2 Å². The highest BCUT2D eigenvalue weighted by Crippen LogP contribution is 2.31. The average Bonchev–Trinajstić information content (AvgIpc) is 2.61.